The molecule has 130 valence electrons. The third-order valence-corrected chi connectivity index (χ3v) is 4.63. The lowest BCUT2D eigenvalue weighted by Gasteiger charge is -2.32. The van der Waals surface area contributed by atoms with Crippen molar-refractivity contribution >= 4 is 36.0 Å². The summed E-state index contributed by atoms with van der Waals surface area (Å²) in [6, 6.07) is 0. The Labute approximate surface area is 144 Å². The molecule has 1 atom stereocenters. The summed E-state index contributed by atoms with van der Waals surface area (Å²) in [4.78, 5) is 26.0. The van der Waals surface area contributed by atoms with Gasteiger partial charge in [0.05, 0.1) is 11.7 Å². The highest BCUT2D eigenvalue weighted by Gasteiger charge is 2.27. The van der Waals surface area contributed by atoms with E-state index in [9.17, 15) is 9.59 Å². The van der Waals surface area contributed by atoms with Gasteiger partial charge in [0, 0.05) is 26.2 Å². The molecule has 3 N–H and O–H groups in total. The zero-order valence-electron chi connectivity index (χ0n) is 13.7. The summed E-state index contributed by atoms with van der Waals surface area (Å²) in [6.45, 7) is 6.68. The SMILES string of the molecule is CC(C)CCSCC(=O)N1CCCC(C(=O)NCCN)C1.Cl. The lowest BCUT2D eigenvalue weighted by molar-refractivity contribution is -0.133. The third kappa shape index (κ3) is 8.25. The Balaban J connectivity index is 0.00000441. The number of nitrogens with one attached hydrogen (secondary N) is 1. The van der Waals surface area contributed by atoms with Crippen molar-refractivity contribution in [3.8, 4) is 0 Å². The molecule has 1 fully saturated rings. The predicted molar refractivity (Wildman–Crippen MR) is 95.4 cm³/mol. The first-order valence-electron chi connectivity index (χ1n) is 7.88. The normalized spacial score (nSPS) is 18.0. The van der Waals surface area contributed by atoms with Gasteiger partial charge in [0.25, 0.3) is 0 Å². The van der Waals surface area contributed by atoms with Crippen LogP contribution in [0.3, 0.4) is 0 Å². The van der Waals surface area contributed by atoms with Crippen LogP contribution in [0, 0.1) is 11.8 Å². The summed E-state index contributed by atoms with van der Waals surface area (Å²) < 4.78 is 0. The zero-order chi connectivity index (χ0) is 15.7. The summed E-state index contributed by atoms with van der Waals surface area (Å²) in [7, 11) is 0. The van der Waals surface area contributed by atoms with Crippen LogP contribution in [-0.2, 0) is 9.59 Å². The number of likely N-dealkylation sites (tertiary alicyclic amines) is 1. The van der Waals surface area contributed by atoms with Crippen molar-refractivity contribution in [2.24, 2.45) is 17.6 Å². The second kappa shape index (κ2) is 12.0. The number of thioether (sulfide) groups is 1. The number of carbonyl (C=O) groups excluding carboxylic acids is 2. The first-order chi connectivity index (χ1) is 10.0. The molecule has 7 heteroatoms. The number of rotatable bonds is 8. The molecule has 0 spiro atoms. The fraction of sp³-hybridized carbons (Fsp3) is 0.867. The summed E-state index contributed by atoms with van der Waals surface area (Å²) >= 11 is 1.70. The van der Waals surface area contributed by atoms with Gasteiger partial charge in [0.15, 0.2) is 0 Å². The van der Waals surface area contributed by atoms with Crippen molar-refractivity contribution in [2.75, 3.05) is 37.7 Å². The van der Waals surface area contributed by atoms with E-state index in [1.807, 2.05) is 4.90 Å². The molecule has 1 rings (SSSR count). The number of amides is 2. The zero-order valence-corrected chi connectivity index (χ0v) is 15.3. The summed E-state index contributed by atoms with van der Waals surface area (Å²) in [5.41, 5.74) is 5.39. The van der Waals surface area contributed by atoms with E-state index in [4.69, 9.17) is 5.73 Å². The molecule has 1 heterocycles. The van der Waals surface area contributed by atoms with Crippen molar-refractivity contribution < 1.29 is 9.59 Å². The van der Waals surface area contributed by atoms with Gasteiger partial charge in [0.2, 0.25) is 11.8 Å². The minimum Gasteiger partial charge on any atom is -0.355 e. The predicted octanol–water partition coefficient (Wildman–Crippen LogP) is 1.50. The molecule has 1 unspecified atom stereocenters. The average molecular weight is 352 g/mol. The first-order valence-corrected chi connectivity index (χ1v) is 9.03. The van der Waals surface area contributed by atoms with Crippen LogP contribution < -0.4 is 11.1 Å². The van der Waals surface area contributed by atoms with Crippen molar-refractivity contribution in [2.45, 2.75) is 33.1 Å². The smallest absolute Gasteiger partial charge is 0.232 e. The molecule has 0 aromatic heterocycles. The van der Waals surface area contributed by atoms with E-state index in [-0.39, 0.29) is 30.1 Å². The van der Waals surface area contributed by atoms with Gasteiger partial charge in [-0.25, -0.2) is 0 Å². The Bertz CT molecular complexity index is 343. The fourth-order valence-corrected chi connectivity index (χ4v) is 3.47. The summed E-state index contributed by atoms with van der Waals surface area (Å²) in [5.74, 6) is 2.36. The number of hydrogen-bond acceptors (Lipinski definition) is 4. The molecule has 1 saturated heterocycles. The lowest BCUT2D eigenvalue weighted by atomic mass is 9.97. The summed E-state index contributed by atoms with van der Waals surface area (Å²) in [6.07, 6.45) is 2.91. The van der Waals surface area contributed by atoms with E-state index in [0.717, 1.165) is 31.6 Å². The maximum Gasteiger partial charge on any atom is 0.232 e. The number of halogens is 1. The van der Waals surface area contributed by atoms with Gasteiger partial charge < -0.3 is 16.0 Å². The van der Waals surface area contributed by atoms with Crippen LogP contribution >= 0.6 is 24.2 Å². The van der Waals surface area contributed by atoms with Crippen LogP contribution in [0.5, 0.6) is 0 Å². The van der Waals surface area contributed by atoms with E-state index in [1.165, 1.54) is 0 Å². The van der Waals surface area contributed by atoms with Gasteiger partial charge in [-0.05, 0) is 30.9 Å². The second-order valence-corrected chi connectivity index (χ2v) is 7.10. The number of carbonyl (C=O) groups is 2. The lowest BCUT2D eigenvalue weighted by Crippen LogP contribution is -2.46. The Morgan fingerprint density at radius 2 is 2.14 bits per heavy atom. The molecule has 0 radical (unpaired) electrons. The van der Waals surface area contributed by atoms with Crippen LogP contribution in [0.25, 0.3) is 0 Å². The van der Waals surface area contributed by atoms with Crippen molar-refractivity contribution in [1.82, 2.24) is 10.2 Å². The second-order valence-electron chi connectivity index (χ2n) is 5.99. The Kier molecular flexibility index (Phi) is 11.8. The molecule has 2 amide bonds. The Morgan fingerprint density at radius 3 is 2.77 bits per heavy atom. The highest BCUT2D eigenvalue weighted by atomic mass is 35.5. The molecule has 1 aliphatic rings. The standard InChI is InChI=1S/C15H29N3O2S.ClH/c1-12(2)5-9-21-11-14(19)18-8-3-4-13(10-18)15(20)17-7-6-16;/h12-13H,3-11,16H2,1-2H3,(H,17,20);1H. The Morgan fingerprint density at radius 1 is 1.41 bits per heavy atom. The van der Waals surface area contributed by atoms with E-state index in [1.54, 1.807) is 11.8 Å². The average Bonchev–Trinajstić information content (AvgIpc) is 2.48. The topological polar surface area (TPSA) is 75.4 Å². The number of nitrogens with zero attached hydrogens (tertiary/aromatic N) is 1. The minimum absolute atomic E-state index is 0. The molecule has 0 bridgehead atoms. The molecule has 5 nitrogen and oxygen atoms in total. The van der Waals surface area contributed by atoms with E-state index >= 15 is 0 Å². The molecular weight excluding hydrogens is 322 g/mol. The van der Waals surface area contributed by atoms with Gasteiger partial charge in [0.1, 0.15) is 0 Å². The van der Waals surface area contributed by atoms with Crippen molar-refractivity contribution in [1.29, 1.82) is 0 Å². The molecule has 22 heavy (non-hydrogen) atoms. The first kappa shape index (κ1) is 21.5. The minimum atomic E-state index is -0.0742. The van der Waals surface area contributed by atoms with E-state index in [2.05, 4.69) is 19.2 Å². The molecule has 0 aromatic carbocycles. The van der Waals surface area contributed by atoms with Crippen LogP contribution in [-0.4, -0.2) is 54.4 Å². The van der Waals surface area contributed by atoms with Gasteiger partial charge >= 0.3 is 0 Å². The van der Waals surface area contributed by atoms with Gasteiger partial charge in [-0.2, -0.15) is 11.8 Å². The van der Waals surface area contributed by atoms with Gasteiger partial charge in [-0.1, -0.05) is 13.8 Å². The Hall–Kier alpha value is -0.460. The fourth-order valence-electron chi connectivity index (χ4n) is 2.33. The summed E-state index contributed by atoms with van der Waals surface area (Å²) in [5, 5.41) is 2.82. The van der Waals surface area contributed by atoms with Gasteiger partial charge in [-0.3, -0.25) is 9.59 Å². The third-order valence-electron chi connectivity index (χ3n) is 3.65. The van der Waals surface area contributed by atoms with Gasteiger partial charge in [-0.15, -0.1) is 12.4 Å². The largest absolute Gasteiger partial charge is 0.355 e. The van der Waals surface area contributed by atoms with Crippen LogP contribution in [0.1, 0.15) is 33.1 Å². The number of piperidine rings is 1. The highest BCUT2D eigenvalue weighted by molar-refractivity contribution is 7.99. The van der Waals surface area contributed by atoms with Crippen LogP contribution in [0.2, 0.25) is 0 Å². The monoisotopic (exact) mass is 351 g/mol. The molecular formula is C15H30ClN3O2S. The maximum absolute atomic E-state index is 12.2. The van der Waals surface area contributed by atoms with E-state index in [0.29, 0.717) is 31.3 Å². The molecule has 0 aliphatic carbocycles. The van der Waals surface area contributed by atoms with Crippen molar-refractivity contribution in [3.05, 3.63) is 0 Å². The molecule has 0 aromatic rings. The number of hydrogen-bond donors (Lipinski definition) is 2. The number of nitrogens with two attached hydrogens (primary N) is 1. The molecule has 1 aliphatic heterocycles. The van der Waals surface area contributed by atoms with Crippen molar-refractivity contribution in [3.63, 3.8) is 0 Å². The highest BCUT2D eigenvalue weighted by Crippen LogP contribution is 2.18. The van der Waals surface area contributed by atoms with E-state index < -0.39 is 0 Å². The van der Waals surface area contributed by atoms with Crippen LogP contribution in [0.4, 0.5) is 0 Å². The van der Waals surface area contributed by atoms with Crippen LogP contribution in [0.15, 0.2) is 0 Å². The maximum atomic E-state index is 12.2. The molecule has 0 saturated carbocycles. The quantitative estimate of drug-likeness (QED) is 0.650.